The van der Waals surface area contributed by atoms with Crippen LogP contribution in [0, 0.1) is 0 Å². The van der Waals surface area contributed by atoms with Crippen molar-refractivity contribution in [2.24, 2.45) is 0 Å². The standard InChI is InChI=1S/C19H18N2O3/c1-23-17-7-3-5-14(9-17)11-21-12-16(13-22)19(20-21)15-6-4-8-18(10-15)24-2/h3-10,12-13H,11H2,1-2H3. The Kier molecular flexibility index (Phi) is 4.61. The number of carbonyl (C=O) groups excluding carboxylic acids is 1. The third kappa shape index (κ3) is 3.30. The molecule has 3 aromatic rings. The van der Waals surface area contributed by atoms with Crippen LogP contribution in [-0.2, 0) is 6.54 Å². The average molecular weight is 322 g/mol. The molecule has 1 aromatic heterocycles. The smallest absolute Gasteiger partial charge is 0.153 e. The summed E-state index contributed by atoms with van der Waals surface area (Å²) in [5, 5.41) is 4.57. The molecule has 24 heavy (non-hydrogen) atoms. The first-order valence-electron chi connectivity index (χ1n) is 7.53. The molecule has 0 amide bonds. The molecule has 0 bridgehead atoms. The van der Waals surface area contributed by atoms with Gasteiger partial charge in [-0.1, -0.05) is 24.3 Å². The molecule has 5 nitrogen and oxygen atoms in total. The first kappa shape index (κ1) is 15.8. The molecular weight excluding hydrogens is 304 g/mol. The van der Waals surface area contributed by atoms with Crippen LogP contribution in [0.4, 0.5) is 0 Å². The number of nitrogens with zero attached hydrogens (tertiary/aromatic N) is 2. The van der Waals surface area contributed by atoms with Crippen molar-refractivity contribution >= 4 is 6.29 Å². The number of methoxy groups -OCH3 is 2. The van der Waals surface area contributed by atoms with E-state index in [2.05, 4.69) is 5.10 Å². The molecule has 2 aromatic carbocycles. The van der Waals surface area contributed by atoms with Crippen LogP contribution in [0.3, 0.4) is 0 Å². The van der Waals surface area contributed by atoms with Crippen molar-refractivity contribution in [1.82, 2.24) is 9.78 Å². The van der Waals surface area contributed by atoms with Crippen LogP contribution < -0.4 is 9.47 Å². The van der Waals surface area contributed by atoms with Crippen molar-refractivity contribution in [1.29, 1.82) is 0 Å². The highest BCUT2D eigenvalue weighted by molar-refractivity contribution is 5.85. The van der Waals surface area contributed by atoms with Crippen LogP contribution in [0.1, 0.15) is 15.9 Å². The van der Waals surface area contributed by atoms with E-state index in [-0.39, 0.29) is 0 Å². The molecule has 122 valence electrons. The zero-order chi connectivity index (χ0) is 16.9. The molecular formula is C19H18N2O3. The summed E-state index contributed by atoms with van der Waals surface area (Å²) < 4.78 is 12.2. The predicted octanol–water partition coefficient (Wildman–Crippen LogP) is 3.43. The van der Waals surface area contributed by atoms with Gasteiger partial charge in [-0.3, -0.25) is 9.48 Å². The van der Waals surface area contributed by atoms with Gasteiger partial charge in [-0.25, -0.2) is 0 Å². The first-order valence-corrected chi connectivity index (χ1v) is 7.53. The molecule has 0 unspecified atom stereocenters. The minimum Gasteiger partial charge on any atom is -0.497 e. The zero-order valence-electron chi connectivity index (χ0n) is 13.6. The Labute approximate surface area is 140 Å². The molecule has 0 aliphatic heterocycles. The van der Waals surface area contributed by atoms with Crippen molar-refractivity contribution in [2.45, 2.75) is 6.54 Å². The maximum absolute atomic E-state index is 11.4. The van der Waals surface area contributed by atoms with E-state index in [1.165, 1.54) is 0 Å². The highest BCUT2D eigenvalue weighted by atomic mass is 16.5. The van der Waals surface area contributed by atoms with Crippen LogP contribution in [0.2, 0.25) is 0 Å². The van der Waals surface area contributed by atoms with E-state index >= 15 is 0 Å². The normalized spacial score (nSPS) is 10.4. The highest BCUT2D eigenvalue weighted by Crippen LogP contribution is 2.25. The lowest BCUT2D eigenvalue weighted by Gasteiger charge is -2.05. The lowest BCUT2D eigenvalue weighted by Crippen LogP contribution is -2.00. The van der Waals surface area contributed by atoms with E-state index in [1.807, 2.05) is 48.5 Å². The summed E-state index contributed by atoms with van der Waals surface area (Å²) in [6.45, 7) is 0.558. The van der Waals surface area contributed by atoms with Gasteiger partial charge >= 0.3 is 0 Å². The quantitative estimate of drug-likeness (QED) is 0.653. The molecule has 0 aliphatic rings. The Balaban J connectivity index is 1.93. The summed E-state index contributed by atoms with van der Waals surface area (Å²) >= 11 is 0. The van der Waals surface area contributed by atoms with Gasteiger partial charge in [-0.15, -0.1) is 0 Å². The number of rotatable bonds is 6. The second-order valence-corrected chi connectivity index (χ2v) is 5.33. The summed E-state index contributed by atoms with van der Waals surface area (Å²) in [4.78, 5) is 11.4. The predicted molar refractivity (Wildman–Crippen MR) is 91.7 cm³/mol. The Bertz CT molecular complexity index is 855. The Morgan fingerprint density at radius 3 is 2.46 bits per heavy atom. The van der Waals surface area contributed by atoms with Gasteiger partial charge in [0.25, 0.3) is 0 Å². The van der Waals surface area contributed by atoms with E-state index in [4.69, 9.17) is 9.47 Å². The molecule has 5 heteroatoms. The lowest BCUT2D eigenvalue weighted by molar-refractivity contribution is 0.112. The van der Waals surface area contributed by atoms with Gasteiger partial charge < -0.3 is 9.47 Å². The molecule has 0 N–H and O–H groups in total. The molecule has 0 saturated carbocycles. The van der Waals surface area contributed by atoms with Crippen LogP contribution in [-0.4, -0.2) is 30.3 Å². The molecule has 0 radical (unpaired) electrons. The molecule has 0 saturated heterocycles. The number of ether oxygens (including phenoxy) is 2. The van der Waals surface area contributed by atoms with Gasteiger partial charge in [-0.05, 0) is 29.8 Å². The monoisotopic (exact) mass is 322 g/mol. The minimum absolute atomic E-state index is 0.547. The van der Waals surface area contributed by atoms with Crippen LogP contribution in [0.25, 0.3) is 11.3 Å². The fraction of sp³-hybridized carbons (Fsp3) is 0.158. The van der Waals surface area contributed by atoms with Crippen molar-refractivity contribution in [3.05, 3.63) is 65.9 Å². The largest absolute Gasteiger partial charge is 0.497 e. The van der Waals surface area contributed by atoms with Crippen LogP contribution in [0.15, 0.2) is 54.7 Å². The maximum atomic E-state index is 11.4. The zero-order valence-corrected chi connectivity index (χ0v) is 13.6. The molecule has 0 spiro atoms. The molecule has 0 aliphatic carbocycles. The number of hydrogen-bond donors (Lipinski definition) is 0. The van der Waals surface area contributed by atoms with Gasteiger partial charge in [0.1, 0.15) is 17.2 Å². The Morgan fingerprint density at radius 1 is 1.04 bits per heavy atom. The van der Waals surface area contributed by atoms with Gasteiger partial charge in [0.2, 0.25) is 0 Å². The third-order valence-electron chi connectivity index (χ3n) is 3.74. The number of hydrogen-bond acceptors (Lipinski definition) is 4. The first-order chi connectivity index (χ1) is 11.7. The summed E-state index contributed by atoms with van der Waals surface area (Å²) in [7, 11) is 3.25. The van der Waals surface area contributed by atoms with Crippen LogP contribution >= 0.6 is 0 Å². The lowest BCUT2D eigenvalue weighted by atomic mass is 10.1. The van der Waals surface area contributed by atoms with Gasteiger partial charge in [0.15, 0.2) is 6.29 Å². The topological polar surface area (TPSA) is 53.4 Å². The summed E-state index contributed by atoms with van der Waals surface area (Å²) in [5.41, 5.74) is 3.09. The van der Waals surface area contributed by atoms with Crippen molar-refractivity contribution in [2.75, 3.05) is 14.2 Å². The summed E-state index contributed by atoms with van der Waals surface area (Å²) in [6.07, 6.45) is 2.57. The SMILES string of the molecule is COc1cccc(Cn2cc(C=O)c(-c3cccc(OC)c3)n2)c1. The van der Waals surface area contributed by atoms with Gasteiger partial charge in [-0.2, -0.15) is 5.10 Å². The van der Waals surface area contributed by atoms with E-state index < -0.39 is 0 Å². The average Bonchev–Trinajstić information content (AvgIpc) is 3.04. The minimum atomic E-state index is 0.547. The fourth-order valence-electron chi connectivity index (χ4n) is 2.56. The Morgan fingerprint density at radius 2 is 1.75 bits per heavy atom. The van der Waals surface area contributed by atoms with E-state index in [0.29, 0.717) is 17.8 Å². The van der Waals surface area contributed by atoms with Crippen molar-refractivity contribution in [3.63, 3.8) is 0 Å². The fourth-order valence-corrected chi connectivity index (χ4v) is 2.56. The number of benzene rings is 2. The number of aldehydes is 1. The Hall–Kier alpha value is -3.08. The summed E-state index contributed by atoms with van der Waals surface area (Å²) in [6, 6.07) is 15.3. The highest BCUT2D eigenvalue weighted by Gasteiger charge is 2.12. The van der Waals surface area contributed by atoms with Gasteiger partial charge in [0, 0.05) is 11.8 Å². The maximum Gasteiger partial charge on any atom is 0.153 e. The second-order valence-electron chi connectivity index (χ2n) is 5.33. The number of carbonyl (C=O) groups is 1. The number of aromatic nitrogens is 2. The van der Waals surface area contributed by atoms with Crippen LogP contribution in [0.5, 0.6) is 11.5 Å². The third-order valence-corrected chi connectivity index (χ3v) is 3.74. The van der Waals surface area contributed by atoms with E-state index in [0.717, 1.165) is 28.9 Å². The van der Waals surface area contributed by atoms with Crippen molar-refractivity contribution in [3.8, 4) is 22.8 Å². The second kappa shape index (κ2) is 7.00. The molecule has 0 atom stereocenters. The molecule has 3 rings (SSSR count). The molecule has 0 fully saturated rings. The van der Waals surface area contributed by atoms with E-state index in [9.17, 15) is 4.79 Å². The van der Waals surface area contributed by atoms with Crippen molar-refractivity contribution < 1.29 is 14.3 Å². The molecule has 1 heterocycles. The van der Waals surface area contributed by atoms with Gasteiger partial charge in [0.05, 0.1) is 26.3 Å². The van der Waals surface area contributed by atoms with E-state index in [1.54, 1.807) is 25.1 Å². The summed E-state index contributed by atoms with van der Waals surface area (Å²) in [5.74, 6) is 1.52.